The molecular weight excluding hydrogens is 475 g/mol. The van der Waals surface area contributed by atoms with E-state index in [9.17, 15) is 18.8 Å². The smallest absolute Gasteiger partial charge is 0.262 e. The van der Waals surface area contributed by atoms with Crippen molar-refractivity contribution in [3.8, 4) is 0 Å². The number of amides is 3. The van der Waals surface area contributed by atoms with Crippen LogP contribution in [0.3, 0.4) is 0 Å². The summed E-state index contributed by atoms with van der Waals surface area (Å²) in [5.41, 5.74) is 2.45. The number of nitrogens with one attached hydrogen (secondary N) is 2. The van der Waals surface area contributed by atoms with Gasteiger partial charge >= 0.3 is 0 Å². The molecule has 6 rings (SSSR count). The Morgan fingerprint density at radius 2 is 1.57 bits per heavy atom. The van der Waals surface area contributed by atoms with Crippen molar-refractivity contribution in [3.63, 3.8) is 0 Å². The van der Waals surface area contributed by atoms with Crippen LogP contribution in [0.5, 0.6) is 0 Å². The third-order valence-corrected chi connectivity index (χ3v) is 6.58. The topological polar surface area (TPSA) is 109 Å². The van der Waals surface area contributed by atoms with Gasteiger partial charge in [-0.25, -0.2) is 9.07 Å². The summed E-state index contributed by atoms with van der Waals surface area (Å²) in [6.45, 7) is -0.461. The van der Waals surface area contributed by atoms with Gasteiger partial charge in [-0.1, -0.05) is 54.6 Å². The highest BCUT2D eigenvalue weighted by molar-refractivity contribution is 6.22. The van der Waals surface area contributed by atoms with Gasteiger partial charge in [-0.15, -0.1) is 5.10 Å². The summed E-state index contributed by atoms with van der Waals surface area (Å²) in [6.07, 6.45) is 0.619. The number of nitrogens with zero attached hydrogens (tertiary/aromatic N) is 4. The van der Waals surface area contributed by atoms with Gasteiger partial charge in [0, 0.05) is 0 Å². The summed E-state index contributed by atoms with van der Waals surface area (Å²) in [4.78, 5) is 43.4. The molecule has 4 aromatic rings. The Morgan fingerprint density at radius 1 is 0.919 bits per heavy atom. The molecule has 2 atom stereocenters. The highest BCUT2D eigenvalue weighted by atomic mass is 19.1. The third kappa shape index (κ3) is 4.12. The Bertz CT molecular complexity index is 1480. The quantitative estimate of drug-likeness (QED) is 0.407. The van der Waals surface area contributed by atoms with Crippen LogP contribution in [0.15, 0.2) is 78.9 Å². The van der Waals surface area contributed by atoms with Crippen molar-refractivity contribution in [1.82, 2.24) is 19.7 Å². The number of rotatable bonds is 5. The molecule has 0 saturated carbocycles. The number of hydrogen-bond donors (Lipinski definition) is 2. The van der Waals surface area contributed by atoms with Gasteiger partial charge in [0.05, 0.1) is 23.2 Å². The number of fused-ring (bicyclic) bond motifs is 2. The maximum atomic E-state index is 13.6. The van der Waals surface area contributed by atoms with E-state index in [0.717, 1.165) is 16.0 Å². The van der Waals surface area contributed by atoms with Gasteiger partial charge in [-0.2, -0.15) is 4.98 Å². The molecule has 10 heteroatoms. The number of carbonyl (C=O) groups is 3. The first-order chi connectivity index (χ1) is 18.0. The SMILES string of the molecule is O=C(CN1C(=O)c2ccccc2C1=O)Nc1nc2n(n1)[C@@H](c1ccc(F)cc1)C[C@@H](c1ccccc1)N2. The lowest BCUT2D eigenvalue weighted by Crippen LogP contribution is -2.37. The maximum absolute atomic E-state index is 13.6. The standard InChI is InChI=1S/C27H21FN6O3/c28-18-12-10-17(11-13-18)22-14-21(16-6-2-1-3-7-16)29-27-31-26(32-34(22)27)30-23(35)15-33-24(36)19-8-4-5-9-20(19)25(33)37/h1-13,21-22H,14-15H2,(H2,29,30,31,32,35)/t21-,22+/m0/s1. The van der Waals surface area contributed by atoms with Crippen molar-refractivity contribution in [1.29, 1.82) is 0 Å². The highest BCUT2D eigenvalue weighted by Crippen LogP contribution is 2.38. The molecule has 2 N–H and O–H groups in total. The zero-order valence-corrected chi connectivity index (χ0v) is 19.5. The van der Waals surface area contributed by atoms with E-state index in [2.05, 4.69) is 20.7 Å². The van der Waals surface area contributed by atoms with Crippen LogP contribution in [0.1, 0.15) is 50.3 Å². The highest BCUT2D eigenvalue weighted by Gasteiger charge is 2.37. The average molecular weight is 497 g/mol. The van der Waals surface area contributed by atoms with Crippen LogP contribution < -0.4 is 10.6 Å². The molecule has 184 valence electrons. The molecule has 0 radical (unpaired) electrons. The first kappa shape index (κ1) is 22.6. The number of hydrogen-bond acceptors (Lipinski definition) is 6. The summed E-state index contributed by atoms with van der Waals surface area (Å²) >= 11 is 0. The summed E-state index contributed by atoms with van der Waals surface area (Å²) in [5, 5.41) is 10.4. The number of aromatic nitrogens is 3. The van der Waals surface area contributed by atoms with Gasteiger partial charge in [-0.05, 0) is 41.8 Å². The maximum Gasteiger partial charge on any atom is 0.262 e. The largest absolute Gasteiger partial charge is 0.347 e. The third-order valence-electron chi connectivity index (χ3n) is 6.58. The molecule has 0 bridgehead atoms. The van der Waals surface area contributed by atoms with Gasteiger partial charge < -0.3 is 5.32 Å². The van der Waals surface area contributed by atoms with E-state index in [1.807, 2.05) is 30.3 Å². The zero-order valence-electron chi connectivity index (χ0n) is 19.5. The Hall–Kier alpha value is -4.86. The van der Waals surface area contributed by atoms with Crippen LogP contribution in [0.4, 0.5) is 16.3 Å². The summed E-state index contributed by atoms with van der Waals surface area (Å²) < 4.78 is 15.3. The van der Waals surface area contributed by atoms with Crippen LogP contribution in [-0.4, -0.2) is 43.9 Å². The van der Waals surface area contributed by atoms with Crippen molar-refractivity contribution in [2.45, 2.75) is 18.5 Å². The van der Waals surface area contributed by atoms with Crippen molar-refractivity contribution in [2.75, 3.05) is 17.2 Å². The van der Waals surface area contributed by atoms with Crippen LogP contribution in [0.25, 0.3) is 0 Å². The van der Waals surface area contributed by atoms with E-state index < -0.39 is 24.3 Å². The first-order valence-corrected chi connectivity index (χ1v) is 11.8. The monoisotopic (exact) mass is 496 g/mol. The number of imide groups is 1. The van der Waals surface area contributed by atoms with Gasteiger partial charge in [0.25, 0.3) is 17.8 Å². The number of benzene rings is 3. The van der Waals surface area contributed by atoms with E-state index in [0.29, 0.717) is 12.4 Å². The van der Waals surface area contributed by atoms with Crippen molar-refractivity contribution >= 4 is 29.6 Å². The Balaban J connectivity index is 1.25. The van der Waals surface area contributed by atoms with Crippen LogP contribution in [0.2, 0.25) is 0 Å². The molecule has 3 aromatic carbocycles. The molecule has 0 aliphatic carbocycles. The molecule has 0 saturated heterocycles. The molecular formula is C27H21FN6O3. The lowest BCUT2D eigenvalue weighted by molar-refractivity contribution is -0.116. The summed E-state index contributed by atoms with van der Waals surface area (Å²) in [6, 6.07) is 22.2. The Morgan fingerprint density at radius 3 is 2.24 bits per heavy atom. The Kier molecular flexibility index (Phi) is 5.48. The minimum Gasteiger partial charge on any atom is -0.347 e. The van der Waals surface area contributed by atoms with Gasteiger partial charge in [-0.3, -0.25) is 24.6 Å². The van der Waals surface area contributed by atoms with Crippen LogP contribution >= 0.6 is 0 Å². The zero-order chi connectivity index (χ0) is 25.5. The van der Waals surface area contributed by atoms with Crippen LogP contribution in [0, 0.1) is 5.82 Å². The minimum absolute atomic E-state index is 0.0323. The second-order valence-electron chi connectivity index (χ2n) is 8.90. The van der Waals surface area contributed by atoms with E-state index in [4.69, 9.17) is 0 Å². The van der Waals surface area contributed by atoms with Crippen molar-refractivity contribution in [2.24, 2.45) is 0 Å². The first-order valence-electron chi connectivity index (χ1n) is 11.8. The number of anilines is 2. The van der Waals surface area contributed by atoms with Gasteiger partial charge in [0.2, 0.25) is 11.9 Å². The normalized spacial score (nSPS) is 18.2. The second kappa shape index (κ2) is 8.98. The molecule has 1 aromatic heterocycles. The number of halogens is 1. The molecule has 9 nitrogen and oxygen atoms in total. The summed E-state index contributed by atoms with van der Waals surface area (Å²) in [7, 11) is 0. The predicted molar refractivity (Wildman–Crippen MR) is 132 cm³/mol. The Labute approximate surface area is 210 Å². The fourth-order valence-electron chi connectivity index (χ4n) is 4.79. The molecule has 0 unspecified atom stereocenters. The lowest BCUT2D eigenvalue weighted by atomic mass is 9.93. The van der Waals surface area contributed by atoms with E-state index in [1.54, 1.807) is 41.1 Å². The van der Waals surface area contributed by atoms with Gasteiger partial charge in [0.1, 0.15) is 12.4 Å². The fraction of sp³-hybridized carbons (Fsp3) is 0.148. The molecule has 0 fully saturated rings. The lowest BCUT2D eigenvalue weighted by Gasteiger charge is -2.31. The van der Waals surface area contributed by atoms with Gasteiger partial charge in [0.15, 0.2) is 0 Å². The number of carbonyl (C=O) groups excluding carboxylic acids is 3. The second-order valence-corrected chi connectivity index (χ2v) is 8.90. The molecule has 2 aliphatic heterocycles. The van der Waals surface area contributed by atoms with E-state index in [-0.39, 0.29) is 35.0 Å². The van der Waals surface area contributed by atoms with Crippen molar-refractivity contribution < 1.29 is 18.8 Å². The molecule has 2 aliphatic rings. The fourth-order valence-corrected chi connectivity index (χ4v) is 4.79. The molecule has 3 amide bonds. The molecule has 37 heavy (non-hydrogen) atoms. The minimum atomic E-state index is -0.601. The summed E-state index contributed by atoms with van der Waals surface area (Å²) in [5.74, 6) is -1.50. The van der Waals surface area contributed by atoms with Crippen LogP contribution in [-0.2, 0) is 4.79 Å². The van der Waals surface area contributed by atoms with E-state index in [1.165, 1.54) is 12.1 Å². The molecule has 0 spiro atoms. The predicted octanol–water partition coefficient (Wildman–Crippen LogP) is 3.80. The molecule has 3 heterocycles. The van der Waals surface area contributed by atoms with E-state index >= 15 is 0 Å². The average Bonchev–Trinajstić information content (AvgIpc) is 3.43. The van der Waals surface area contributed by atoms with Crippen molar-refractivity contribution in [3.05, 3.63) is 107 Å².